The van der Waals surface area contributed by atoms with Crippen molar-refractivity contribution in [3.05, 3.63) is 24.0 Å². The van der Waals surface area contributed by atoms with E-state index in [-0.39, 0.29) is 6.10 Å². The first kappa shape index (κ1) is 13.2. The molecule has 1 N–H and O–H groups in total. The van der Waals surface area contributed by atoms with Crippen LogP contribution in [-0.2, 0) is 22.6 Å². The predicted octanol–water partition coefficient (Wildman–Crippen LogP) is 1.26. The van der Waals surface area contributed by atoms with Crippen LogP contribution in [0, 0.1) is 0 Å². The van der Waals surface area contributed by atoms with Gasteiger partial charge in [-0.1, -0.05) is 0 Å². The zero-order valence-corrected chi connectivity index (χ0v) is 10.4. The van der Waals surface area contributed by atoms with E-state index in [1.54, 1.807) is 14.2 Å². The first-order chi connectivity index (χ1) is 7.77. The third-order valence-electron chi connectivity index (χ3n) is 2.57. The maximum absolute atomic E-state index is 5.26. The van der Waals surface area contributed by atoms with Crippen LogP contribution >= 0.6 is 0 Å². The predicted molar refractivity (Wildman–Crippen MR) is 64.5 cm³/mol. The number of rotatable bonds is 8. The van der Waals surface area contributed by atoms with Crippen LogP contribution < -0.4 is 5.32 Å². The summed E-state index contributed by atoms with van der Waals surface area (Å²) >= 11 is 0. The number of hydrogen-bond acceptors (Lipinski definition) is 3. The molecular formula is C12H22N2O2. The van der Waals surface area contributed by atoms with Gasteiger partial charge in [0.25, 0.3) is 0 Å². The van der Waals surface area contributed by atoms with E-state index >= 15 is 0 Å². The molecule has 0 radical (unpaired) electrons. The van der Waals surface area contributed by atoms with Crippen molar-refractivity contribution in [1.29, 1.82) is 0 Å². The molecule has 0 aliphatic heterocycles. The molecule has 1 unspecified atom stereocenters. The molecule has 1 rings (SSSR count). The highest BCUT2D eigenvalue weighted by atomic mass is 16.5. The second kappa shape index (κ2) is 7.44. The Labute approximate surface area is 97.5 Å². The van der Waals surface area contributed by atoms with Gasteiger partial charge in [-0.3, -0.25) is 0 Å². The lowest BCUT2D eigenvalue weighted by Gasteiger charge is -2.14. The van der Waals surface area contributed by atoms with Gasteiger partial charge >= 0.3 is 0 Å². The van der Waals surface area contributed by atoms with Crippen LogP contribution in [0.4, 0.5) is 0 Å². The fourth-order valence-corrected chi connectivity index (χ4v) is 1.53. The summed E-state index contributed by atoms with van der Waals surface area (Å²) in [6.07, 6.45) is 2.33. The Bertz CT molecular complexity index is 286. The van der Waals surface area contributed by atoms with Gasteiger partial charge in [-0.25, -0.2) is 0 Å². The topological polar surface area (TPSA) is 35.4 Å². The minimum Gasteiger partial charge on any atom is -0.383 e. The van der Waals surface area contributed by atoms with Crippen molar-refractivity contribution in [3.8, 4) is 0 Å². The van der Waals surface area contributed by atoms with Gasteiger partial charge in [0.15, 0.2) is 0 Å². The molecule has 1 aromatic rings. The zero-order chi connectivity index (χ0) is 11.8. The van der Waals surface area contributed by atoms with E-state index in [0.717, 1.165) is 26.2 Å². The van der Waals surface area contributed by atoms with Crippen molar-refractivity contribution < 1.29 is 9.47 Å². The van der Waals surface area contributed by atoms with E-state index in [4.69, 9.17) is 9.47 Å². The lowest BCUT2D eigenvalue weighted by atomic mass is 10.3. The molecular weight excluding hydrogens is 204 g/mol. The summed E-state index contributed by atoms with van der Waals surface area (Å²) in [5, 5.41) is 3.33. The summed E-state index contributed by atoms with van der Waals surface area (Å²) in [6, 6.07) is 4.19. The van der Waals surface area contributed by atoms with Crippen molar-refractivity contribution in [2.45, 2.75) is 26.1 Å². The highest BCUT2D eigenvalue weighted by molar-refractivity contribution is 5.07. The molecule has 1 atom stereocenters. The minimum atomic E-state index is 0.241. The van der Waals surface area contributed by atoms with Crippen LogP contribution in [0.15, 0.2) is 18.3 Å². The number of ether oxygens (including phenoxy) is 2. The molecule has 0 aliphatic rings. The number of hydrogen-bond donors (Lipinski definition) is 1. The Morgan fingerprint density at radius 2 is 2.25 bits per heavy atom. The SMILES string of the molecule is COCCNCc1cccn1CC(C)OC. The van der Waals surface area contributed by atoms with E-state index in [2.05, 4.69) is 35.1 Å². The van der Waals surface area contributed by atoms with Crippen LogP contribution in [0.5, 0.6) is 0 Å². The van der Waals surface area contributed by atoms with Crippen LogP contribution in [0.1, 0.15) is 12.6 Å². The molecule has 0 bridgehead atoms. The van der Waals surface area contributed by atoms with Crippen molar-refractivity contribution in [1.82, 2.24) is 9.88 Å². The summed E-state index contributed by atoms with van der Waals surface area (Å²) in [5.41, 5.74) is 1.28. The molecule has 16 heavy (non-hydrogen) atoms. The average Bonchev–Trinajstić information content (AvgIpc) is 2.72. The first-order valence-electron chi connectivity index (χ1n) is 5.64. The molecule has 0 aromatic carbocycles. The number of nitrogens with one attached hydrogen (secondary N) is 1. The molecule has 0 fully saturated rings. The fourth-order valence-electron chi connectivity index (χ4n) is 1.53. The van der Waals surface area contributed by atoms with Crippen LogP contribution in [0.25, 0.3) is 0 Å². The summed E-state index contributed by atoms with van der Waals surface area (Å²) < 4.78 is 12.5. The number of nitrogens with zero attached hydrogens (tertiary/aromatic N) is 1. The Morgan fingerprint density at radius 3 is 2.94 bits per heavy atom. The normalized spacial score (nSPS) is 12.9. The average molecular weight is 226 g/mol. The Kier molecular flexibility index (Phi) is 6.15. The van der Waals surface area contributed by atoms with E-state index in [1.807, 2.05) is 0 Å². The van der Waals surface area contributed by atoms with Gasteiger partial charge in [0.05, 0.1) is 12.7 Å². The van der Waals surface area contributed by atoms with E-state index in [9.17, 15) is 0 Å². The molecule has 4 nitrogen and oxygen atoms in total. The number of aromatic nitrogens is 1. The highest BCUT2D eigenvalue weighted by Gasteiger charge is 2.04. The molecule has 0 spiro atoms. The monoisotopic (exact) mass is 226 g/mol. The molecule has 0 amide bonds. The van der Waals surface area contributed by atoms with E-state index < -0.39 is 0 Å². The van der Waals surface area contributed by atoms with Crippen LogP contribution in [-0.4, -0.2) is 38.0 Å². The summed E-state index contributed by atoms with van der Waals surface area (Å²) in [5.74, 6) is 0. The van der Waals surface area contributed by atoms with Gasteiger partial charge in [0.2, 0.25) is 0 Å². The summed E-state index contributed by atoms with van der Waals surface area (Å²) in [6.45, 7) is 5.45. The lowest BCUT2D eigenvalue weighted by molar-refractivity contribution is 0.102. The first-order valence-corrected chi connectivity index (χ1v) is 5.64. The van der Waals surface area contributed by atoms with Crippen molar-refractivity contribution >= 4 is 0 Å². The molecule has 0 saturated heterocycles. The maximum Gasteiger partial charge on any atom is 0.0722 e. The molecule has 0 saturated carbocycles. The third-order valence-corrected chi connectivity index (χ3v) is 2.57. The van der Waals surface area contributed by atoms with E-state index in [1.165, 1.54) is 5.69 Å². The van der Waals surface area contributed by atoms with Gasteiger partial charge in [0, 0.05) is 45.7 Å². The van der Waals surface area contributed by atoms with Gasteiger partial charge < -0.3 is 19.4 Å². The van der Waals surface area contributed by atoms with Gasteiger partial charge in [-0.2, -0.15) is 0 Å². The smallest absolute Gasteiger partial charge is 0.0722 e. The molecule has 1 aromatic heterocycles. The molecule has 1 heterocycles. The molecule has 0 aliphatic carbocycles. The lowest BCUT2D eigenvalue weighted by Crippen LogP contribution is -2.22. The van der Waals surface area contributed by atoms with Crippen molar-refractivity contribution in [3.63, 3.8) is 0 Å². The highest BCUT2D eigenvalue weighted by Crippen LogP contribution is 2.04. The Morgan fingerprint density at radius 1 is 1.44 bits per heavy atom. The molecule has 92 valence electrons. The second-order valence-electron chi connectivity index (χ2n) is 3.87. The Hall–Kier alpha value is -0.840. The van der Waals surface area contributed by atoms with Gasteiger partial charge in [0.1, 0.15) is 0 Å². The van der Waals surface area contributed by atoms with Crippen LogP contribution in [0.2, 0.25) is 0 Å². The zero-order valence-electron chi connectivity index (χ0n) is 10.4. The van der Waals surface area contributed by atoms with Crippen molar-refractivity contribution in [2.24, 2.45) is 0 Å². The van der Waals surface area contributed by atoms with E-state index in [0.29, 0.717) is 0 Å². The van der Waals surface area contributed by atoms with Crippen LogP contribution in [0.3, 0.4) is 0 Å². The largest absolute Gasteiger partial charge is 0.383 e. The number of methoxy groups -OCH3 is 2. The Balaban J connectivity index is 2.38. The molecule has 4 heteroatoms. The van der Waals surface area contributed by atoms with Gasteiger partial charge in [-0.15, -0.1) is 0 Å². The standard InChI is InChI=1S/C12H22N2O2/c1-11(16-3)10-14-7-4-5-12(14)9-13-6-8-15-2/h4-5,7,11,13H,6,8-10H2,1-3H3. The fraction of sp³-hybridized carbons (Fsp3) is 0.667. The minimum absolute atomic E-state index is 0.241. The van der Waals surface area contributed by atoms with Crippen molar-refractivity contribution in [2.75, 3.05) is 27.4 Å². The second-order valence-corrected chi connectivity index (χ2v) is 3.87. The third kappa shape index (κ3) is 4.35. The summed E-state index contributed by atoms with van der Waals surface area (Å²) in [4.78, 5) is 0. The maximum atomic E-state index is 5.26. The quantitative estimate of drug-likeness (QED) is 0.678. The summed E-state index contributed by atoms with van der Waals surface area (Å²) in [7, 11) is 3.45. The van der Waals surface area contributed by atoms with Gasteiger partial charge in [-0.05, 0) is 19.1 Å².